The molecule has 0 spiro atoms. The molecule has 1 aromatic carbocycles. The molecule has 0 bridgehead atoms. The van der Waals surface area contributed by atoms with E-state index in [0.717, 1.165) is 0 Å². The van der Waals surface area contributed by atoms with Crippen LogP contribution in [0.1, 0.15) is 0 Å². The van der Waals surface area contributed by atoms with Gasteiger partial charge in [0.1, 0.15) is 5.69 Å². The maximum atomic E-state index is 12.5. The van der Waals surface area contributed by atoms with Gasteiger partial charge in [0, 0.05) is 40.3 Å². The van der Waals surface area contributed by atoms with Crippen LogP contribution >= 0.6 is 0 Å². The molecule has 0 fully saturated rings. The molecule has 1 aromatic heterocycles. The van der Waals surface area contributed by atoms with Gasteiger partial charge in [0.2, 0.25) is 11.7 Å². The number of nitrogens with zero attached hydrogens (tertiary/aromatic N) is 4. The molecule has 2 rings (SSSR count). The van der Waals surface area contributed by atoms with E-state index < -0.39 is 6.03 Å². The molecule has 28 heavy (non-hydrogen) atoms. The number of hydrogen-bond acceptors (Lipinski definition) is 8. The number of benzene rings is 1. The fourth-order valence-electron chi connectivity index (χ4n) is 2.45. The van der Waals surface area contributed by atoms with Gasteiger partial charge in [-0.05, 0) is 0 Å². The lowest BCUT2D eigenvalue weighted by Crippen LogP contribution is -2.23. The minimum atomic E-state index is -0.460. The van der Waals surface area contributed by atoms with Crippen molar-refractivity contribution in [1.82, 2.24) is 9.97 Å². The monoisotopic (exact) mass is 390 g/mol. The molecule has 0 aliphatic rings. The number of rotatable bonds is 7. The lowest BCUT2D eigenvalue weighted by Gasteiger charge is -2.19. The lowest BCUT2D eigenvalue weighted by molar-refractivity contribution is 0.262. The van der Waals surface area contributed by atoms with E-state index in [1.807, 2.05) is 28.2 Å². The normalized spacial score (nSPS) is 10.1. The molecule has 0 aliphatic carbocycles. The van der Waals surface area contributed by atoms with Crippen molar-refractivity contribution in [2.24, 2.45) is 0 Å². The van der Waals surface area contributed by atoms with Crippen molar-refractivity contribution in [3.63, 3.8) is 0 Å². The van der Waals surface area contributed by atoms with Crippen LogP contribution in [0.4, 0.5) is 27.9 Å². The molecule has 2 N–H and O–H groups in total. The Kier molecular flexibility index (Phi) is 6.69. The first kappa shape index (κ1) is 20.9. The number of hydrogen-bond donors (Lipinski definition) is 2. The number of amides is 2. The van der Waals surface area contributed by atoms with E-state index in [1.165, 1.54) is 21.3 Å². The number of aromatic nitrogens is 2. The smallest absolute Gasteiger partial charge is 0.323 e. The number of carbonyl (C=O) groups is 1. The summed E-state index contributed by atoms with van der Waals surface area (Å²) in [6, 6.07) is 2.82. The molecule has 2 amide bonds. The van der Waals surface area contributed by atoms with Crippen molar-refractivity contribution >= 4 is 29.2 Å². The van der Waals surface area contributed by atoms with Gasteiger partial charge in [0.25, 0.3) is 0 Å². The second kappa shape index (κ2) is 8.98. The Morgan fingerprint density at radius 3 is 2.00 bits per heavy atom. The van der Waals surface area contributed by atoms with Crippen LogP contribution in [-0.2, 0) is 0 Å². The summed E-state index contributed by atoms with van der Waals surface area (Å²) in [5, 5.41) is 5.51. The van der Waals surface area contributed by atoms with E-state index in [-0.39, 0.29) is 0 Å². The summed E-state index contributed by atoms with van der Waals surface area (Å²) >= 11 is 0. The van der Waals surface area contributed by atoms with Crippen LogP contribution in [0.15, 0.2) is 18.3 Å². The number of ether oxygens (including phenoxy) is 3. The van der Waals surface area contributed by atoms with E-state index in [4.69, 9.17) is 14.2 Å². The highest BCUT2D eigenvalue weighted by Gasteiger charge is 2.16. The van der Waals surface area contributed by atoms with Gasteiger partial charge in [-0.15, -0.1) is 0 Å². The Balaban J connectivity index is 2.25. The summed E-state index contributed by atoms with van der Waals surface area (Å²) in [5.41, 5.74) is 0.949. The number of methoxy groups -OCH3 is 3. The predicted octanol–water partition coefficient (Wildman–Crippen LogP) is 2.28. The molecule has 0 radical (unpaired) electrons. The number of carbonyl (C=O) groups excluding carboxylic acids is 1. The first-order valence-corrected chi connectivity index (χ1v) is 8.40. The highest BCUT2D eigenvalue weighted by atomic mass is 16.5. The van der Waals surface area contributed by atoms with Crippen molar-refractivity contribution in [2.75, 3.05) is 70.0 Å². The van der Waals surface area contributed by atoms with Crippen LogP contribution in [0, 0.1) is 0 Å². The fourth-order valence-corrected chi connectivity index (χ4v) is 2.45. The average molecular weight is 390 g/mol. The van der Waals surface area contributed by atoms with Gasteiger partial charge in [-0.25, -0.2) is 9.78 Å². The first-order valence-electron chi connectivity index (χ1n) is 8.40. The summed E-state index contributed by atoms with van der Waals surface area (Å²) in [6.45, 7) is 0. The Labute approximate surface area is 164 Å². The standard InChI is InChI=1S/C18H26N6O4/c1-23(2)16-12(10-19-17(22-16)24(3)4)21-18(25)20-11-8-13(26-5)15(28-7)14(9-11)27-6/h8-10H,1-7H3,(H2,20,21,25). The summed E-state index contributed by atoms with van der Waals surface area (Å²) in [5.74, 6) is 2.44. The Morgan fingerprint density at radius 1 is 0.929 bits per heavy atom. The summed E-state index contributed by atoms with van der Waals surface area (Å²) in [4.78, 5) is 24.8. The van der Waals surface area contributed by atoms with Gasteiger partial charge in [-0.3, -0.25) is 0 Å². The minimum Gasteiger partial charge on any atom is -0.493 e. The zero-order valence-corrected chi connectivity index (χ0v) is 17.2. The zero-order valence-electron chi connectivity index (χ0n) is 17.2. The Hall–Kier alpha value is -3.43. The second-order valence-electron chi connectivity index (χ2n) is 6.19. The molecule has 152 valence electrons. The molecule has 0 aliphatic heterocycles. The van der Waals surface area contributed by atoms with E-state index in [9.17, 15) is 4.79 Å². The molecule has 0 atom stereocenters. The molecule has 2 aromatic rings. The third-order valence-corrected chi connectivity index (χ3v) is 3.75. The van der Waals surface area contributed by atoms with Crippen molar-refractivity contribution in [1.29, 1.82) is 0 Å². The second-order valence-corrected chi connectivity index (χ2v) is 6.19. The Bertz CT molecular complexity index is 816. The quantitative estimate of drug-likeness (QED) is 0.743. The maximum Gasteiger partial charge on any atom is 0.323 e. The van der Waals surface area contributed by atoms with Crippen LogP contribution in [-0.4, -0.2) is 65.5 Å². The first-order chi connectivity index (χ1) is 13.3. The van der Waals surface area contributed by atoms with Crippen LogP contribution in [0.5, 0.6) is 17.2 Å². The molecular formula is C18H26N6O4. The van der Waals surface area contributed by atoms with Crippen LogP contribution in [0.3, 0.4) is 0 Å². The van der Waals surface area contributed by atoms with Crippen molar-refractivity contribution in [3.8, 4) is 17.2 Å². The molecule has 0 unspecified atom stereocenters. The Morgan fingerprint density at radius 2 is 1.54 bits per heavy atom. The van der Waals surface area contributed by atoms with Crippen LogP contribution in [0.2, 0.25) is 0 Å². The highest BCUT2D eigenvalue weighted by molar-refractivity contribution is 6.01. The molecular weight excluding hydrogens is 364 g/mol. The molecule has 0 saturated carbocycles. The van der Waals surface area contributed by atoms with Crippen molar-refractivity contribution in [2.45, 2.75) is 0 Å². The van der Waals surface area contributed by atoms with E-state index in [0.29, 0.717) is 40.4 Å². The maximum absolute atomic E-state index is 12.5. The van der Waals surface area contributed by atoms with E-state index in [2.05, 4.69) is 20.6 Å². The van der Waals surface area contributed by atoms with Crippen LogP contribution < -0.4 is 34.6 Å². The molecule has 10 nitrogen and oxygen atoms in total. The molecule has 0 saturated heterocycles. The zero-order chi connectivity index (χ0) is 20.8. The number of urea groups is 1. The number of anilines is 4. The van der Waals surface area contributed by atoms with Gasteiger partial charge < -0.3 is 34.6 Å². The highest BCUT2D eigenvalue weighted by Crippen LogP contribution is 2.40. The van der Waals surface area contributed by atoms with Gasteiger partial charge in [0.15, 0.2) is 17.3 Å². The largest absolute Gasteiger partial charge is 0.493 e. The summed E-state index contributed by atoms with van der Waals surface area (Å²) < 4.78 is 15.9. The van der Waals surface area contributed by atoms with E-state index in [1.54, 1.807) is 28.1 Å². The van der Waals surface area contributed by atoms with Gasteiger partial charge in [-0.2, -0.15) is 4.98 Å². The molecule has 1 heterocycles. The third-order valence-electron chi connectivity index (χ3n) is 3.75. The van der Waals surface area contributed by atoms with Crippen molar-refractivity contribution in [3.05, 3.63) is 18.3 Å². The lowest BCUT2D eigenvalue weighted by atomic mass is 10.2. The topological polar surface area (TPSA) is 101 Å². The van der Waals surface area contributed by atoms with Crippen LogP contribution in [0.25, 0.3) is 0 Å². The predicted molar refractivity (Wildman–Crippen MR) is 109 cm³/mol. The fraction of sp³-hybridized carbons (Fsp3) is 0.389. The van der Waals surface area contributed by atoms with E-state index >= 15 is 0 Å². The average Bonchev–Trinajstić information content (AvgIpc) is 2.66. The number of nitrogens with one attached hydrogen (secondary N) is 2. The minimum absolute atomic E-state index is 0.435. The summed E-state index contributed by atoms with van der Waals surface area (Å²) in [7, 11) is 11.9. The van der Waals surface area contributed by atoms with Gasteiger partial charge >= 0.3 is 6.03 Å². The third kappa shape index (κ3) is 4.64. The van der Waals surface area contributed by atoms with Gasteiger partial charge in [-0.1, -0.05) is 0 Å². The van der Waals surface area contributed by atoms with Gasteiger partial charge in [0.05, 0.1) is 33.2 Å². The molecule has 10 heteroatoms. The summed E-state index contributed by atoms with van der Waals surface area (Å²) in [6.07, 6.45) is 1.56. The SMILES string of the molecule is COc1cc(NC(=O)Nc2cnc(N(C)C)nc2N(C)C)cc(OC)c1OC. The van der Waals surface area contributed by atoms with Crippen molar-refractivity contribution < 1.29 is 19.0 Å².